The molecule has 2 aromatic carbocycles. The molecule has 0 aliphatic carbocycles. The van der Waals surface area contributed by atoms with Gasteiger partial charge in [-0.2, -0.15) is 0 Å². The summed E-state index contributed by atoms with van der Waals surface area (Å²) in [7, 11) is -1.79. The molecule has 0 aromatic heterocycles. The summed E-state index contributed by atoms with van der Waals surface area (Å²) in [6, 6.07) is 11.8. The van der Waals surface area contributed by atoms with Crippen LogP contribution in [0.15, 0.2) is 36.4 Å². The smallest absolute Gasteiger partial charge is 0.146 e. The fourth-order valence-electron chi connectivity index (χ4n) is 4.00. The third-order valence-electron chi connectivity index (χ3n) is 5.18. The maximum atomic E-state index is 10.3. The van der Waals surface area contributed by atoms with Gasteiger partial charge in [-0.25, -0.2) is 0 Å². The molecule has 0 unspecified atom stereocenters. The maximum Gasteiger partial charge on any atom is 0.146 e. The Morgan fingerprint density at radius 1 is 0.826 bits per heavy atom. The van der Waals surface area contributed by atoms with Crippen LogP contribution in [0, 0.1) is 11.5 Å². The lowest BCUT2D eigenvalue weighted by molar-refractivity contribution is 0.474. The van der Waals surface area contributed by atoms with Crippen molar-refractivity contribution < 1.29 is 5.11 Å². The minimum Gasteiger partial charge on any atom is -0.507 e. The van der Waals surface area contributed by atoms with Crippen LogP contribution >= 0.6 is 0 Å². The lowest BCUT2D eigenvalue weighted by Gasteiger charge is -2.38. The molecule has 0 radical (unpaired) electrons. The zero-order chi connectivity index (χ0) is 17.2. The van der Waals surface area contributed by atoms with Gasteiger partial charge in [0.1, 0.15) is 13.8 Å². The van der Waals surface area contributed by atoms with Gasteiger partial charge in [-0.15, -0.1) is 5.54 Å². The van der Waals surface area contributed by atoms with E-state index in [0.717, 1.165) is 16.3 Å². The lowest BCUT2D eigenvalue weighted by Crippen LogP contribution is -2.43. The van der Waals surface area contributed by atoms with Gasteiger partial charge in [0.05, 0.1) is 5.56 Å². The zero-order valence-corrected chi connectivity index (χ0v) is 16.1. The van der Waals surface area contributed by atoms with Crippen LogP contribution in [0.2, 0.25) is 16.6 Å². The Balaban J connectivity index is 2.67. The van der Waals surface area contributed by atoms with Crippen LogP contribution < -0.4 is 0 Å². The van der Waals surface area contributed by atoms with Gasteiger partial charge >= 0.3 is 0 Å². The highest BCUT2D eigenvalue weighted by atomic mass is 28.3. The summed E-state index contributed by atoms with van der Waals surface area (Å²) in [5, 5.41) is 12.5. The average molecular weight is 325 g/mol. The van der Waals surface area contributed by atoms with E-state index in [-0.39, 0.29) is 5.75 Å². The number of hydrogen-bond acceptors (Lipinski definition) is 1. The molecule has 0 heterocycles. The fraction of sp³-hybridized carbons (Fsp3) is 0.429. The first-order valence-electron chi connectivity index (χ1n) is 8.54. The van der Waals surface area contributed by atoms with Crippen molar-refractivity contribution in [1.82, 2.24) is 0 Å². The highest BCUT2D eigenvalue weighted by molar-refractivity contribution is 6.90. The summed E-state index contributed by atoms with van der Waals surface area (Å²) in [6.07, 6.45) is 0. The molecule has 0 bridgehead atoms. The number of hydrogen-bond donors (Lipinski definition) is 1. The second-order valence-corrected chi connectivity index (χ2v) is 12.9. The number of rotatable bonds is 3. The Bertz CT molecular complexity index is 725. The molecule has 2 rings (SSSR count). The average Bonchev–Trinajstić information content (AvgIpc) is 2.48. The number of aromatic hydroxyl groups is 1. The van der Waals surface area contributed by atoms with Crippen molar-refractivity contribution >= 4 is 18.8 Å². The molecular formula is C21H28OSi. The predicted octanol–water partition coefficient (Wildman–Crippen LogP) is 6.11. The molecule has 1 nitrogen and oxygen atoms in total. The summed E-state index contributed by atoms with van der Waals surface area (Å²) in [6.45, 7) is 13.9. The van der Waals surface area contributed by atoms with E-state index in [1.54, 1.807) is 6.07 Å². The topological polar surface area (TPSA) is 20.2 Å². The molecule has 0 aliphatic rings. The van der Waals surface area contributed by atoms with E-state index in [0.29, 0.717) is 16.6 Å². The Hall–Kier alpha value is -1.72. The largest absolute Gasteiger partial charge is 0.507 e. The van der Waals surface area contributed by atoms with Gasteiger partial charge in [-0.1, -0.05) is 77.8 Å². The summed E-state index contributed by atoms with van der Waals surface area (Å²) in [5.74, 6) is 3.69. The molecule has 0 atom stereocenters. The summed E-state index contributed by atoms with van der Waals surface area (Å²) in [4.78, 5) is 0. The third-order valence-corrected chi connectivity index (χ3v) is 11.5. The van der Waals surface area contributed by atoms with Crippen LogP contribution in [-0.4, -0.2) is 13.2 Å². The molecule has 0 saturated heterocycles. The van der Waals surface area contributed by atoms with E-state index in [1.165, 1.54) is 0 Å². The van der Waals surface area contributed by atoms with Crippen LogP contribution in [0.4, 0.5) is 0 Å². The zero-order valence-electron chi connectivity index (χ0n) is 15.1. The summed E-state index contributed by atoms with van der Waals surface area (Å²) < 4.78 is 0. The SMILES string of the molecule is CC(C)[Si](C#Cc1c(O)ccc2ccccc12)(C(C)C)C(C)C. The van der Waals surface area contributed by atoms with Gasteiger partial charge in [0, 0.05) is 5.39 Å². The third kappa shape index (κ3) is 3.16. The molecule has 23 heavy (non-hydrogen) atoms. The van der Waals surface area contributed by atoms with Crippen LogP contribution in [0.1, 0.15) is 47.1 Å². The molecular weight excluding hydrogens is 296 g/mol. The number of fused-ring (bicyclic) bond motifs is 1. The van der Waals surface area contributed by atoms with Gasteiger partial charge < -0.3 is 5.11 Å². The van der Waals surface area contributed by atoms with Gasteiger partial charge in [0.15, 0.2) is 0 Å². The van der Waals surface area contributed by atoms with Gasteiger partial charge in [-0.05, 0) is 28.1 Å². The number of benzene rings is 2. The maximum absolute atomic E-state index is 10.3. The summed E-state index contributed by atoms with van der Waals surface area (Å²) in [5.41, 5.74) is 6.26. The minimum atomic E-state index is -1.79. The Morgan fingerprint density at radius 3 is 1.96 bits per heavy atom. The Morgan fingerprint density at radius 2 is 1.39 bits per heavy atom. The molecule has 2 heteroatoms. The number of phenols is 1. The van der Waals surface area contributed by atoms with Crippen LogP contribution in [0.3, 0.4) is 0 Å². The Kier molecular flexibility index (Phi) is 5.22. The van der Waals surface area contributed by atoms with Crippen molar-refractivity contribution in [2.75, 3.05) is 0 Å². The van der Waals surface area contributed by atoms with E-state index in [2.05, 4.69) is 59.1 Å². The van der Waals surface area contributed by atoms with E-state index in [1.807, 2.05) is 24.3 Å². The molecule has 0 aliphatic heterocycles. The van der Waals surface area contributed by atoms with Gasteiger partial charge in [0.2, 0.25) is 0 Å². The van der Waals surface area contributed by atoms with Crippen molar-refractivity contribution in [1.29, 1.82) is 0 Å². The normalized spacial score (nSPS) is 12.0. The van der Waals surface area contributed by atoms with Crippen LogP contribution in [0.25, 0.3) is 10.8 Å². The molecule has 0 saturated carbocycles. The van der Waals surface area contributed by atoms with Crippen molar-refractivity contribution in [3.63, 3.8) is 0 Å². The Labute approximate surface area is 141 Å². The molecule has 122 valence electrons. The van der Waals surface area contributed by atoms with E-state index in [4.69, 9.17) is 0 Å². The van der Waals surface area contributed by atoms with Crippen molar-refractivity contribution in [2.45, 2.75) is 58.2 Å². The number of phenolic OH excluding ortho intramolecular Hbond substituents is 1. The first-order chi connectivity index (χ1) is 10.8. The molecule has 1 N–H and O–H groups in total. The molecule has 0 fully saturated rings. The monoisotopic (exact) mass is 324 g/mol. The first kappa shape index (κ1) is 17.6. The van der Waals surface area contributed by atoms with E-state index in [9.17, 15) is 5.11 Å². The molecule has 0 spiro atoms. The summed E-state index contributed by atoms with van der Waals surface area (Å²) >= 11 is 0. The lowest BCUT2D eigenvalue weighted by atomic mass is 10.0. The van der Waals surface area contributed by atoms with Crippen molar-refractivity contribution in [3.05, 3.63) is 42.0 Å². The van der Waals surface area contributed by atoms with Crippen LogP contribution in [0.5, 0.6) is 5.75 Å². The van der Waals surface area contributed by atoms with Crippen molar-refractivity contribution in [3.8, 4) is 17.2 Å². The van der Waals surface area contributed by atoms with E-state index < -0.39 is 8.07 Å². The first-order valence-corrected chi connectivity index (χ1v) is 10.8. The fourth-order valence-corrected chi connectivity index (χ4v) is 9.20. The predicted molar refractivity (Wildman–Crippen MR) is 104 cm³/mol. The second-order valence-electron chi connectivity index (χ2n) is 7.33. The van der Waals surface area contributed by atoms with Gasteiger partial charge in [-0.3, -0.25) is 0 Å². The van der Waals surface area contributed by atoms with Gasteiger partial charge in [0.25, 0.3) is 0 Å². The second kappa shape index (κ2) is 6.80. The highest BCUT2D eigenvalue weighted by Crippen LogP contribution is 2.41. The molecule has 0 amide bonds. The highest BCUT2D eigenvalue weighted by Gasteiger charge is 2.41. The van der Waals surface area contributed by atoms with Crippen molar-refractivity contribution in [2.24, 2.45) is 0 Å². The van der Waals surface area contributed by atoms with E-state index >= 15 is 0 Å². The quantitative estimate of drug-likeness (QED) is 0.533. The standard InChI is InChI=1S/C21H28OSi/c1-15(2)23(16(3)4,17(5)6)14-13-20-19-10-8-7-9-18(19)11-12-21(20)22/h7-12,15-17,22H,1-6H3. The molecule has 2 aromatic rings. The minimum absolute atomic E-state index is 0.287. The van der Waals surface area contributed by atoms with Crippen LogP contribution in [-0.2, 0) is 0 Å².